The van der Waals surface area contributed by atoms with Crippen LogP contribution in [0.3, 0.4) is 0 Å². The Morgan fingerprint density at radius 2 is 1.84 bits per heavy atom. The van der Waals surface area contributed by atoms with E-state index in [4.69, 9.17) is 23.2 Å². The topological polar surface area (TPSA) is 43.4 Å². The van der Waals surface area contributed by atoms with Gasteiger partial charge in [-0.2, -0.15) is 0 Å². The zero-order valence-electron chi connectivity index (χ0n) is 10.3. The minimum Gasteiger partial charge on any atom is -0.469 e. The van der Waals surface area contributed by atoms with Gasteiger partial charge < -0.3 is 4.74 Å². The van der Waals surface area contributed by atoms with Crippen LogP contribution in [0.4, 0.5) is 4.39 Å². The largest absolute Gasteiger partial charge is 0.469 e. The maximum atomic E-state index is 13.3. The average molecular weight is 307 g/mol. The first-order chi connectivity index (χ1) is 8.95. The summed E-state index contributed by atoms with van der Waals surface area (Å²) >= 11 is 11.4. The first-order valence-corrected chi connectivity index (χ1v) is 6.46. The second-order valence-electron chi connectivity index (χ2n) is 3.96. The molecule has 1 aromatic carbocycles. The molecule has 3 nitrogen and oxygen atoms in total. The van der Waals surface area contributed by atoms with Gasteiger partial charge in [0.15, 0.2) is 5.78 Å². The average Bonchev–Trinajstić information content (AvgIpc) is 2.38. The van der Waals surface area contributed by atoms with Gasteiger partial charge in [-0.3, -0.25) is 9.59 Å². The smallest absolute Gasteiger partial charge is 0.305 e. The van der Waals surface area contributed by atoms with Crippen molar-refractivity contribution in [2.75, 3.05) is 7.11 Å². The first kappa shape index (κ1) is 15.9. The van der Waals surface area contributed by atoms with Gasteiger partial charge in [0.05, 0.1) is 12.1 Å². The molecule has 0 saturated heterocycles. The lowest BCUT2D eigenvalue weighted by Crippen LogP contribution is -2.03. The molecule has 0 radical (unpaired) electrons. The van der Waals surface area contributed by atoms with Gasteiger partial charge >= 0.3 is 5.97 Å². The zero-order valence-corrected chi connectivity index (χ0v) is 11.9. The Labute approximate surface area is 120 Å². The molecule has 0 aliphatic heterocycles. The van der Waals surface area contributed by atoms with Gasteiger partial charge in [0, 0.05) is 23.4 Å². The van der Waals surface area contributed by atoms with E-state index in [1.165, 1.54) is 13.2 Å². The molecule has 0 atom stereocenters. The third-order valence-electron chi connectivity index (χ3n) is 2.56. The van der Waals surface area contributed by atoms with Crippen LogP contribution in [0.5, 0.6) is 0 Å². The predicted octanol–water partition coefficient (Wildman–Crippen LogP) is 4.05. The Kier molecular flexibility index (Phi) is 6.25. The maximum absolute atomic E-state index is 13.3. The Balaban J connectivity index is 2.57. The lowest BCUT2D eigenvalue weighted by atomic mass is 10.0. The van der Waals surface area contributed by atoms with E-state index in [1.54, 1.807) is 0 Å². The van der Waals surface area contributed by atoms with Crippen LogP contribution >= 0.6 is 23.2 Å². The lowest BCUT2D eigenvalue weighted by Gasteiger charge is -2.05. The van der Waals surface area contributed by atoms with E-state index < -0.39 is 5.82 Å². The number of halogens is 3. The van der Waals surface area contributed by atoms with E-state index in [9.17, 15) is 14.0 Å². The van der Waals surface area contributed by atoms with Crippen molar-refractivity contribution in [2.24, 2.45) is 0 Å². The van der Waals surface area contributed by atoms with E-state index in [-0.39, 0.29) is 40.2 Å². The van der Waals surface area contributed by atoms with Crippen molar-refractivity contribution in [1.82, 2.24) is 0 Å². The standard InChI is InChI=1S/C13H13Cl2FO3/c1-19-12(18)5-3-2-4-11(17)9-6-8(14)7-10(16)13(9)15/h6-7H,2-5H2,1H3. The molecule has 19 heavy (non-hydrogen) atoms. The highest BCUT2D eigenvalue weighted by Crippen LogP contribution is 2.26. The molecule has 0 aromatic heterocycles. The van der Waals surface area contributed by atoms with Crippen molar-refractivity contribution in [2.45, 2.75) is 25.7 Å². The molecule has 0 bridgehead atoms. The van der Waals surface area contributed by atoms with Gasteiger partial charge in [0.1, 0.15) is 5.82 Å². The normalized spacial score (nSPS) is 10.3. The van der Waals surface area contributed by atoms with Crippen molar-refractivity contribution in [3.8, 4) is 0 Å². The van der Waals surface area contributed by atoms with E-state index in [0.29, 0.717) is 12.8 Å². The summed E-state index contributed by atoms with van der Waals surface area (Å²) < 4.78 is 17.8. The molecule has 0 saturated carbocycles. The number of hydrogen-bond acceptors (Lipinski definition) is 3. The van der Waals surface area contributed by atoms with Crippen LogP contribution in [0.15, 0.2) is 12.1 Å². The number of Topliss-reactive ketones (excluding diaryl/α,β-unsaturated/α-hetero) is 1. The van der Waals surface area contributed by atoms with Crippen LogP contribution in [0.2, 0.25) is 10.0 Å². The van der Waals surface area contributed by atoms with Crippen LogP contribution < -0.4 is 0 Å². The third-order valence-corrected chi connectivity index (χ3v) is 3.16. The molecular weight excluding hydrogens is 294 g/mol. The van der Waals surface area contributed by atoms with Crippen LogP contribution in [0, 0.1) is 5.82 Å². The minimum atomic E-state index is -0.716. The molecule has 6 heteroatoms. The summed E-state index contributed by atoms with van der Waals surface area (Å²) in [5, 5.41) is -0.0952. The summed E-state index contributed by atoms with van der Waals surface area (Å²) in [6.07, 6.45) is 1.45. The highest BCUT2D eigenvalue weighted by molar-refractivity contribution is 6.36. The fourth-order valence-corrected chi connectivity index (χ4v) is 1.97. The van der Waals surface area contributed by atoms with Crippen molar-refractivity contribution in [3.63, 3.8) is 0 Å². The summed E-state index contributed by atoms with van der Waals surface area (Å²) in [5.41, 5.74) is 0.0738. The number of hydrogen-bond donors (Lipinski definition) is 0. The zero-order chi connectivity index (χ0) is 14.4. The van der Waals surface area contributed by atoms with Gasteiger partial charge in [-0.1, -0.05) is 23.2 Å². The number of ketones is 1. The lowest BCUT2D eigenvalue weighted by molar-refractivity contribution is -0.140. The number of carbonyl (C=O) groups excluding carboxylic acids is 2. The minimum absolute atomic E-state index is 0.0738. The Morgan fingerprint density at radius 1 is 1.21 bits per heavy atom. The number of unbranched alkanes of at least 4 members (excludes halogenated alkanes) is 1. The Hall–Kier alpha value is -1.13. The van der Waals surface area contributed by atoms with Gasteiger partial charge in [0.25, 0.3) is 0 Å². The van der Waals surface area contributed by atoms with Crippen molar-refractivity contribution in [3.05, 3.63) is 33.6 Å². The number of methoxy groups -OCH3 is 1. The number of benzene rings is 1. The van der Waals surface area contributed by atoms with E-state index in [1.807, 2.05) is 0 Å². The van der Waals surface area contributed by atoms with Gasteiger partial charge in [0.2, 0.25) is 0 Å². The van der Waals surface area contributed by atoms with Crippen LogP contribution in [0.1, 0.15) is 36.0 Å². The number of rotatable bonds is 6. The van der Waals surface area contributed by atoms with Gasteiger partial charge in [-0.05, 0) is 25.0 Å². The van der Waals surface area contributed by atoms with E-state index >= 15 is 0 Å². The van der Waals surface area contributed by atoms with Crippen LogP contribution in [-0.2, 0) is 9.53 Å². The SMILES string of the molecule is COC(=O)CCCCC(=O)c1cc(Cl)cc(F)c1Cl. The third kappa shape index (κ3) is 4.80. The number of carbonyl (C=O) groups is 2. The molecule has 0 spiro atoms. The molecule has 0 N–H and O–H groups in total. The second kappa shape index (κ2) is 7.46. The molecule has 0 fully saturated rings. The van der Waals surface area contributed by atoms with Crippen LogP contribution in [-0.4, -0.2) is 18.9 Å². The van der Waals surface area contributed by atoms with Gasteiger partial charge in [-0.15, -0.1) is 0 Å². The van der Waals surface area contributed by atoms with Gasteiger partial charge in [-0.25, -0.2) is 4.39 Å². The number of ether oxygens (including phenoxy) is 1. The molecule has 0 amide bonds. The summed E-state index contributed by atoms with van der Waals surface area (Å²) in [5.74, 6) is -1.33. The van der Waals surface area contributed by atoms with Crippen LogP contribution in [0.25, 0.3) is 0 Å². The summed E-state index contributed by atoms with van der Waals surface area (Å²) in [6, 6.07) is 2.40. The van der Waals surface area contributed by atoms with Crippen molar-refractivity contribution >= 4 is 35.0 Å². The molecule has 0 unspecified atom stereocenters. The molecule has 104 valence electrons. The fraction of sp³-hybridized carbons (Fsp3) is 0.385. The predicted molar refractivity (Wildman–Crippen MR) is 71.2 cm³/mol. The monoisotopic (exact) mass is 306 g/mol. The Bertz CT molecular complexity index is 489. The fourth-order valence-electron chi connectivity index (χ4n) is 1.55. The van der Waals surface area contributed by atoms with Crippen molar-refractivity contribution in [1.29, 1.82) is 0 Å². The molecule has 0 aliphatic carbocycles. The first-order valence-electron chi connectivity index (χ1n) is 5.70. The summed E-state index contributed by atoms with van der Waals surface area (Å²) in [6.45, 7) is 0. The Morgan fingerprint density at radius 3 is 2.47 bits per heavy atom. The van der Waals surface area contributed by atoms with Crippen molar-refractivity contribution < 1.29 is 18.7 Å². The molecule has 0 heterocycles. The number of esters is 1. The van der Waals surface area contributed by atoms with E-state index in [0.717, 1.165) is 6.07 Å². The molecule has 1 aromatic rings. The molecule has 1 rings (SSSR count). The highest BCUT2D eigenvalue weighted by Gasteiger charge is 2.15. The molecule has 0 aliphatic rings. The summed E-state index contributed by atoms with van der Waals surface area (Å²) in [4.78, 5) is 22.7. The highest BCUT2D eigenvalue weighted by atomic mass is 35.5. The second-order valence-corrected chi connectivity index (χ2v) is 4.77. The quantitative estimate of drug-likeness (QED) is 0.345. The maximum Gasteiger partial charge on any atom is 0.305 e. The van der Waals surface area contributed by atoms with E-state index in [2.05, 4.69) is 4.74 Å². The molecular formula is C13H13Cl2FO3. The summed E-state index contributed by atoms with van der Waals surface area (Å²) in [7, 11) is 1.31.